The molecule has 0 saturated heterocycles. The fraction of sp³-hybridized carbons (Fsp3) is 0.296. The average molecular weight is 530 g/mol. The van der Waals surface area contributed by atoms with E-state index in [0.717, 1.165) is 46.0 Å². The maximum Gasteiger partial charge on any atom is 0.416 e. The summed E-state index contributed by atoms with van der Waals surface area (Å²) in [6.45, 7) is 1.93. The second-order valence-corrected chi connectivity index (χ2v) is 9.64. The molecular weight excluding hydrogens is 503 g/mol. The van der Waals surface area contributed by atoms with Crippen LogP contribution in [0.3, 0.4) is 0 Å². The zero-order chi connectivity index (χ0) is 26.6. The Morgan fingerprint density at radius 2 is 1.81 bits per heavy atom. The normalized spacial score (nSPS) is 15.5. The number of methoxy groups -OCH3 is 1. The molecule has 2 amide bonds. The molecule has 2 heterocycles. The molecule has 0 unspecified atom stereocenters. The number of carbonyl (C=O) groups is 2. The van der Waals surface area contributed by atoms with E-state index in [0.29, 0.717) is 6.42 Å². The summed E-state index contributed by atoms with van der Waals surface area (Å²) in [7, 11) is 1.47. The molecule has 1 aliphatic rings. The predicted molar refractivity (Wildman–Crippen MR) is 135 cm³/mol. The molecule has 1 aromatic heterocycles. The number of hydrogen-bond acceptors (Lipinski definition) is 5. The third-order valence-electron chi connectivity index (χ3n) is 6.07. The quantitative estimate of drug-likeness (QED) is 0.385. The zero-order valence-corrected chi connectivity index (χ0v) is 21.2. The summed E-state index contributed by atoms with van der Waals surface area (Å²) in [5.41, 5.74) is 2.00. The summed E-state index contributed by atoms with van der Waals surface area (Å²) < 4.78 is 44.0. The minimum absolute atomic E-state index is 0.0520. The second kappa shape index (κ2) is 11.3. The van der Waals surface area contributed by atoms with Crippen molar-refractivity contribution in [1.82, 2.24) is 9.91 Å². The molecule has 1 atom stereocenters. The first-order valence-corrected chi connectivity index (χ1v) is 12.5. The lowest BCUT2D eigenvalue weighted by molar-refractivity contribution is -0.137. The molecule has 10 heteroatoms. The summed E-state index contributed by atoms with van der Waals surface area (Å²) >= 11 is 1.53. The number of amides is 2. The third kappa shape index (κ3) is 6.26. The molecule has 3 aromatic rings. The highest BCUT2D eigenvalue weighted by molar-refractivity contribution is 7.12. The van der Waals surface area contributed by atoms with E-state index < -0.39 is 23.6 Å². The summed E-state index contributed by atoms with van der Waals surface area (Å²) in [5, 5.41) is 7.99. The Balaban J connectivity index is 1.58. The van der Waals surface area contributed by atoms with Gasteiger partial charge in [-0.1, -0.05) is 35.9 Å². The standard InChI is InChI=1S/C27H26F3N3O3S/c1-18-5-7-19(8-6-18)23-16-22(24-4-3-15-37-24)31-33(23)25(34)17-32(13-14-36-2)26(35)20-9-11-21(12-10-20)27(28,29)30/h3-12,15,23H,13-14,16-17H2,1-2H3/t23-/m1/s1. The molecule has 6 nitrogen and oxygen atoms in total. The van der Waals surface area contributed by atoms with E-state index in [1.807, 2.05) is 48.7 Å². The third-order valence-corrected chi connectivity index (χ3v) is 6.99. The Kier molecular flexibility index (Phi) is 8.09. The fourth-order valence-corrected chi connectivity index (χ4v) is 4.78. The van der Waals surface area contributed by atoms with Crippen LogP contribution >= 0.6 is 11.3 Å². The van der Waals surface area contributed by atoms with Gasteiger partial charge in [0.25, 0.3) is 11.8 Å². The molecule has 0 N–H and O–H groups in total. The molecule has 0 saturated carbocycles. The topological polar surface area (TPSA) is 62.2 Å². The Morgan fingerprint density at radius 1 is 1.11 bits per heavy atom. The lowest BCUT2D eigenvalue weighted by Crippen LogP contribution is -2.42. The summed E-state index contributed by atoms with van der Waals surface area (Å²) in [6, 6.07) is 15.3. The number of hydrazone groups is 1. The van der Waals surface area contributed by atoms with Gasteiger partial charge in [0.1, 0.15) is 6.54 Å². The van der Waals surface area contributed by atoms with Crippen LogP contribution in [0.25, 0.3) is 0 Å². The Bertz CT molecular complexity index is 1260. The van der Waals surface area contributed by atoms with Crippen molar-refractivity contribution in [3.63, 3.8) is 0 Å². The summed E-state index contributed by atoms with van der Waals surface area (Å²) in [4.78, 5) is 29.0. The highest BCUT2D eigenvalue weighted by atomic mass is 32.1. The first-order valence-electron chi connectivity index (χ1n) is 11.6. The van der Waals surface area contributed by atoms with Crippen LogP contribution in [0.15, 0.2) is 71.1 Å². The van der Waals surface area contributed by atoms with Crippen molar-refractivity contribution in [2.24, 2.45) is 5.10 Å². The number of halogens is 3. The maximum atomic E-state index is 13.5. The number of aryl methyl sites for hydroxylation is 1. The Morgan fingerprint density at radius 3 is 2.41 bits per heavy atom. The second-order valence-electron chi connectivity index (χ2n) is 8.69. The van der Waals surface area contributed by atoms with Gasteiger partial charge in [0.2, 0.25) is 0 Å². The molecule has 194 valence electrons. The van der Waals surface area contributed by atoms with Gasteiger partial charge in [0.05, 0.1) is 28.8 Å². The highest BCUT2D eigenvalue weighted by Gasteiger charge is 2.35. The van der Waals surface area contributed by atoms with Gasteiger partial charge in [-0.2, -0.15) is 18.3 Å². The van der Waals surface area contributed by atoms with Crippen LogP contribution in [0, 0.1) is 6.92 Å². The van der Waals surface area contributed by atoms with Gasteiger partial charge >= 0.3 is 6.18 Å². The van der Waals surface area contributed by atoms with E-state index in [1.165, 1.54) is 28.4 Å². The Hall–Kier alpha value is -3.50. The zero-order valence-electron chi connectivity index (χ0n) is 20.4. The van der Waals surface area contributed by atoms with Crippen LogP contribution < -0.4 is 0 Å². The van der Waals surface area contributed by atoms with Crippen molar-refractivity contribution in [2.75, 3.05) is 26.8 Å². The van der Waals surface area contributed by atoms with E-state index in [-0.39, 0.29) is 31.3 Å². The number of thiophene rings is 1. The van der Waals surface area contributed by atoms with Crippen LogP contribution in [0.4, 0.5) is 13.2 Å². The van der Waals surface area contributed by atoms with Crippen LogP contribution in [0.5, 0.6) is 0 Å². The number of alkyl halides is 3. The van der Waals surface area contributed by atoms with Crippen molar-refractivity contribution < 1.29 is 27.5 Å². The van der Waals surface area contributed by atoms with Gasteiger partial charge in [-0.15, -0.1) is 11.3 Å². The van der Waals surface area contributed by atoms with Crippen molar-refractivity contribution in [3.05, 3.63) is 93.2 Å². The molecule has 0 fully saturated rings. The van der Waals surface area contributed by atoms with Gasteiger partial charge < -0.3 is 9.64 Å². The number of rotatable bonds is 8. The minimum atomic E-state index is -4.51. The monoisotopic (exact) mass is 529 g/mol. The molecule has 4 rings (SSSR count). The van der Waals surface area contributed by atoms with E-state index in [1.54, 1.807) is 0 Å². The molecule has 0 radical (unpaired) electrons. The molecule has 0 bridgehead atoms. The van der Waals surface area contributed by atoms with Gasteiger partial charge in [-0.3, -0.25) is 9.59 Å². The van der Waals surface area contributed by atoms with Crippen molar-refractivity contribution in [3.8, 4) is 0 Å². The predicted octanol–water partition coefficient (Wildman–Crippen LogP) is 5.54. The van der Waals surface area contributed by atoms with Gasteiger partial charge in [-0.05, 0) is 48.2 Å². The van der Waals surface area contributed by atoms with E-state index >= 15 is 0 Å². The van der Waals surface area contributed by atoms with E-state index in [4.69, 9.17) is 4.74 Å². The minimum Gasteiger partial charge on any atom is -0.383 e. The number of nitrogens with zero attached hydrogens (tertiary/aromatic N) is 3. The lowest BCUT2D eigenvalue weighted by Gasteiger charge is -2.27. The van der Waals surface area contributed by atoms with Gasteiger partial charge in [0.15, 0.2) is 0 Å². The molecular formula is C27H26F3N3O3S. The van der Waals surface area contributed by atoms with Crippen LogP contribution in [-0.2, 0) is 15.7 Å². The van der Waals surface area contributed by atoms with E-state index in [9.17, 15) is 22.8 Å². The average Bonchev–Trinajstić information content (AvgIpc) is 3.56. The van der Waals surface area contributed by atoms with Gasteiger partial charge in [-0.25, -0.2) is 5.01 Å². The fourth-order valence-electron chi connectivity index (χ4n) is 4.05. The number of benzene rings is 2. The maximum absolute atomic E-state index is 13.5. The first-order chi connectivity index (χ1) is 17.7. The largest absolute Gasteiger partial charge is 0.416 e. The number of hydrogen-bond donors (Lipinski definition) is 0. The molecule has 0 spiro atoms. The molecule has 37 heavy (non-hydrogen) atoms. The first kappa shape index (κ1) is 26.6. The van der Waals surface area contributed by atoms with Crippen LogP contribution in [0.2, 0.25) is 0 Å². The van der Waals surface area contributed by atoms with Crippen LogP contribution in [0.1, 0.15) is 44.4 Å². The number of ether oxygens (including phenoxy) is 1. The van der Waals surface area contributed by atoms with Crippen molar-refractivity contribution in [1.29, 1.82) is 0 Å². The SMILES string of the molecule is COCCN(CC(=O)N1N=C(c2cccs2)C[C@@H]1c1ccc(C)cc1)C(=O)c1ccc(C(F)(F)F)cc1. The van der Waals surface area contributed by atoms with Gasteiger partial charge in [0, 0.05) is 25.6 Å². The van der Waals surface area contributed by atoms with Crippen LogP contribution in [-0.4, -0.2) is 54.2 Å². The summed E-state index contributed by atoms with van der Waals surface area (Å²) in [6.07, 6.45) is -3.98. The Labute approximate surface area is 217 Å². The number of carbonyl (C=O) groups excluding carboxylic acids is 2. The highest BCUT2D eigenvalue weighted by Crippen LogP contribution is 2.34. The van der Waals surface area contributed by atoms with Crippen molar-refractivity contribution >= 4 is 28.9 Å². The lowest BCUT2D eigenvalue weighted by atomic mass is 10.00. The van der Waals surface area contributed by atoms with Crippen molar-refractivity contribution in [2.45, 2.75) is 25.6 Å². The smallest absolute Gasteiger partial charge is 0.383 e. The van der Waals surface area contributed by atoms with E-state index in [2.05, 4.69) is 5.10 Å². The molecule has 1 aliphatic heterocycles. The summed E-state index contributed by atoms with van der Waals surface area (Å²) in [5.74, 6) is -0.957. The molecule has 0 aliphatic carbocycles. The molecule has 2 aromatic carbocycles.